The van der Waals surface area contributed by atoms with Crippen molar-refractivity contribution in [3.05, 3.63) is 23.8 Å². The fourth-order valence-electron chi connectivity index (χ4n) is 2.32. The van der Waals surface area contributed by atoms with Gasteiger partial charge in [-0.2, -0.15) is 0 Å². The lowest BCUT2D eigenvalue weighted by Crippen LogP contribution is -2.29. The Balaban J connectivity index is 2.15. The molecule has 0 aliphatic heterocycles. The van der Waals surface area contributed by atoms with Gasteiger partial charge in [-0.05, 0) is 37.3 Å². The number of hydrogen-bond donors (Lipinski definition) is 1. The van der Waals surface area contributed by atoms with E-state index in [1.165, 1.54) is 6.42 Å². The number of para-hydroxylation sites is 1. The van der Waals surface area contributed by atoms with E-state index in [9.17, 15) is 4.79 Å². The van der Waals surface area contributed by atoms with Gasteiger partial charge in [0.05, 0.1) is 17.9 Å². The van der Waals surface area contributed by atoms with Gasteiger partial charge in [0.1, 0.15) is 0 Å². The molecular weight excluding hydrogens is 240 g/mol. The summed E-state index contributed by atoms with van der Waals surface area (Å²) in [5.74, 6) is 1.87. The highest BCUT2D eigenvalue weighted by Crippen LogP contribution is 2.38. The number of amides is 1. The van der Waals surface area contributed by atoms with Crippen molar-refractivity contribution in [1.29, 1.82) is 0 Å². The van der Waals surface area contributed by atoms with Crippen LogP contribution in [0.4, 0.5) is 5.69 Å². The van der Waals surface area contributed by atoms with E-state index in [1.807, 2.05) is 14.0 Å². The Labute approximate surface area is 114 Å². The second-order valence-corrected chi connectivity index (χ2v) is 5.32. The SMILES string of the molecule is CCOc1c(N)cccc1C(=O)N(C)CC1CC1C. The van der Waals surface area contributed by atoms with Gasteiger partial charge in [-0.15, -0.1) is 0 Å². The van der Waals surface area contributed by atoms with Gasteiger partial charge in [-0.3, -0.25) is 4.79 Å². The summed E-state index contributed by atoms with van der Waals surface area (Å²) in [6.45, 7) is 5.41. The molecule has 0 aromatic heterocycles. The molecule has 2 unspecified atom stereocenters. The second kappa shape index (κ2) is 5.51. The molecule has 1 aliphatic carbocycles. The van der Waals surface area contributed by atoms with E-state index < -0.39 is 0 Å². The fraction of sp³-hybridized carbons (Fsp3) is 0.533. The summed E-state index contributed by atoms with van der Waals surface area (Å²) in [7, 11) is 1.84. The highest BCUT2D eigenvalue weighted by molar-refractivity contribution is 5.98. The summed E-state index contributed by atoms with van der Waals surface area (Å²) >= 11 is 0. The number of rotatable bonds is 5. The number of carbonyl (C=O) groups excluding carboxylic acids is 1. The predicted octanol–water partition coefficient (Wildman–Crippen LogP) is 2.40. The van der Waals surface area contributed by atoms with Crippen molar-refractivity contribution in [2.24, 2.45) is 11.8 Å². The van der Waals surface area contributed by atoms with Gasteiger partial charge in [0.25, 0.3) is 5.91 Å². The number of ether oxygens (including phenoxy) is 1. The van der Waals surface area contributed by atoms with Crippen LogP contribution in [0.3, 0.4) is 0 Å². The van der Waals surface area contributed by atoms with E-state index in [0.717, 1.165) is 12.5 Å². The molecule has 2 N–H and O–H groups in total. The zero-order chi connectivity index (χ0) is 14.0. The van der Waals surface area contributed by atoms with Crippen LogP contribution in [0, 0.1) is 11.8 Å². The maximum Gasteiger partial charge on any atom is 0.257 e. The molecule has 1 fully saturated rings. The first kappa shape index (κ1) is 13.7. The van der Waals surface area contributed by atoms with Crippen LogP contribution < -0.4 is 10.5 Å². The zero-order valence-electron chi connectivity index (χ0n) is 11.8. The Bertz CT molecular complexity index is 473. The van der Waals surface area contributed by atoms with E-state index in [-0.39, 0.29) is 5.91 Å². The van der Waals surface area contributed by atoms with Crippen molar-refractivity contribution < 1.29 is 9.53 Å². The molecule has 1 aliphatic rings. The van der Waals surface area contributed by atoms with Gasteiger partial charge in [0, 0.05) is 13.6 Å². The molecular formula is C15H22N2O2. The monoisotopic (exact) mass is 262 g/mol. The normalized spacial score (nSPS) is 21.0. The zero-order valence-corrected chi connectivity index (χ0v) is 11.8. The number of anilines is 1. The van der Waals surface area contributed by atoms with Crippen LogP contribution in [0.25, 0.3) is 0 Å². The molecule has 2 rings (SSSR count). The van der Waals surface area contributed by atoms with Crippen LogP contribution in [0.5, 0.6) is 5.75 Å². The molecule has 0 spiro atoms. The maximum atomic E-state index is 12.5. The van der Waals surface area contributed by atoms with Gasteiger partial charge >= 0.3 is 0 Å². The summed E-state index contributed by atoms with van der Waals surface area (Å²) in [5.41, 5.74) is 6.95. The van der Waals surface area contributed by atoms with Gasteiger partial charge in [-0.25, -0.2) is 0 Å². The molecule has 4 heteroatoms. The summed E-state index contributed by atoms with van der Waals surface area (Å²) in [6.07, 6.45) is 1.22. The average molecular weight is 262 g/mol. The minimum absolute atomic E-state index is 0.0187. The Morgan fingerprint density at radius 3 is 2.79 bits per heavy atom. The maximum absolute atomic E-state index is 12.5. The minimum atomic E-state index is -0.0187. The molecule has 19 heavy (non-hydrogen) atoms. The minimum Gasteiger partial charge on any atom is -0.491 e. The second-order valence-electron chi connectivity index (χ2n) is 5.32. The molecule has 0 radical (unpaired) electrons. The van der Waals surface area contributed by atoms with Crippen LogP contribution in [-0.4, -0.2) is 31.0 Å². The Morgan fingerprint density at radius 2 is 2.21 bits per heavy atom. The van der Waals surface area contributed by atoms with Crippen LogP contribution in [-0.2, 0) is 0 Å². The Kier molecular flexibility index (Phi) is 3.98. The number of nitrogen functional groups attached to an aromatic ring is 1. The van der Waals surface area contributed by atoms with Crippen molar-refractivity contribution in [2.45, 2.75) is 20.3 Å². The summed E-state index contributed by atoms with van der Waals surface area (Å²) in [5, 5.41) is 0. The quantitative estimate of drug-likeness (QED) is 0.829. The third-order valence-corrected chi connectivity index (χ3v) is 3.70. The van der Waals surface area contributed by atoms with E-state index in [4.69, 9.17) is 10.5 Å². The molecule has 104 valence electrons. The van der Waals surface area contributed by atoms with Gasteiger partial charge < -0.3 is 15.4 Å². The van der Waals surface area contributed by atoms with E-state index in [1.54, 1.807) is 23.1 Å². The topological polar surface area (TPSA) is 55.6 Å². The van der Waals surface area contributed by atoms with Crippen molar-refractivity contribution in [1.82, 2.24) is 4.90 Å². The number of nitrogens with zero attached hydrogens (tertiary/aromatic N) is 1. The summed E-state index contributed by atoms with van der Waals surface area (Å²) in [6, 6.07) is 5.32. The first-order valence-corrected chi connectivity index (χ1v) is 6.81. The van der Waals surface area contributed by atoms with Crippen LogP contribution in [0.1, 0.15) is 30.6 Å². The smallest absolute Gasteiger partial charge is 0.257 e. The lowest BCUT2D eigenvalue weighted by Gasteiger charge is -2.19. The van der Waals surface area contributed by atoms with Crippen molar-refractivity contribution in [2.75, 3.05) is 25.9 Å². The van der Waals surface area contributed by atoms with Crippen molar-refractivity contribution in [3.8, 4) is 5.75 Å². The molecule has 0 bridgehead atoms. The molecule has 0 heterocycles. The van der Waals surface area contributed by atoms with Crippen LogP contribution in [0.15, 0.2) is 18.2 Å². The lowest BCUT2D eigenvalue weighted by molar-refractivity contribution is 0.0783. The van der Waals surface area contributed by atoms with Gasteiger partial charge in [0.15, 0.2) is 5.75 Å². The highest BCUT2D eigenvalue weighted by atomic mass is 16.5. The number of nitrogens with two attached hydrogens (primary N) is 1. The molecule has 0 saturated heterocycles. The largest absolute Gasteiger partial charge is 0.491 e. The van der Waals surface area contributed by atoms with Crippen LogP contribution >= 0.6 is 0 Å². The van der Waals surface area contributed by atoms with E-state index in [0.29, 0.717) is 29.5 Å². The molecule has 1 aromatic carbocycles. The fourth-order valence-corrected chi connectivity index (χ4v) is 2.32. The molecule has 4 nitrogen and oxygen atoms in total. The number of carbonyl (C=O) groups is 1. The van der Waals surface area contributed by atoms with Crippen LogP contribution in [0.2, 0.25) is 0 Å². The standard InChI is InChI=1S/C15H22N2O2/c1-4-19-14-12(6-5-7-13(14)16)15(18)17(3)9-11-8-10(11)2/h5-7,10-11H,4,8-9,16H2,1-3H3. The third-order valence-electron chi connectivity index (χ3n) is 3.70. The first-order valence-electron chi connectivity index (χ1n) is 6.81. The molecule has 1 amide bonds. The van der Waals surface area contributed by atoms with Gasteiger partial charge in [-0.1, -0.05) is 13.0 Å². The Morgan fingerprint density at radius 1 is 1.53 bits per heavy atom. The molecule has 1 saturated carbocycles. The highest BCUT2D eigenvalue weighted by Gasteiger charge is 2.34. The van der Waals surface area contributed by atoms with E-state index in [2.05, 4.69) is 6.92 Å². The third kappa shape index (κ3) is 3.00. The van der Waals surface area contributed by atoms with Crippen molar-refractivity contribution in [3.63, 3.8) is 0 Å². The number of hydrogen-bond acceptors (Lipinski definition) is 3. The molecule has 1 aromatic rings. The predicted molar refractivity (Wildman–Crippen MR) is 76.3 cm³/mol. The first-order chi connectivity index (χ1) is 9.04. The summed E-state index contributed by atoms with van der Waals surface area (Å²) in [4.78, 5) is 14.2. The Hall–Kier alpha value is -1.71. The van der Waals surface area contributed by atoms with Gasteiger partial charge in [0.2, 0.25) is 0 Å². The van der Waals surface area contributed by atoms with E-state index >= 15 is 0 Å². The summed E-state index contributed by atoms with van der Waals surface area (Å²) < 4.78 is 5.51. The average Bonchev–Trinajstić information content (AvgIpc) is 3.06. The van der Waals surface area contributed by atoms with Crippen molar-refractivity contribution >= 4 is 11.6 Å². The number of benzene rings is 1. The molecule has 2 atom stereocenters. The lowest BCUT2D eigenvalue weighted by atomic mass is 10.1.